The van der Waals surface area contributed by atoms with Gasteiger partial charge in [-0.3, -0.25) is 0 Å². The Morgan fingerprint density at radius 2 is 1.84 bits per heavy atom. The summed E-state index contributed by atoms with van der Waals surface area (Å²) in [4.78, 5) is 2.30. The second-order valence-corrected chi connectivity index (χ2v) is 9.74. The molecule has 3 rings (SSSR count). The maximum Gasteiger partial charge on any atom is 0.245 e. The van der Waals surface area contributed by atoms with Crippen molar-refractivity contribution in [2.75, 3.05) is 18.5 Å². The minimum atomic E-state index is -3.63. The number of sulfonamides is 1. The number of likely N-dealkylation sites (N-methyl/N-ethyl adjacent to an activating group) is 1. The van der Waals surface area contributed by atoms with E-state index in [2.05, 4.69) is 15.9 Å². The summed E-state index contributed by atoms with van der Waals surface area (Å²) >= 11 is 9.66. The monoisotopic (exact) mass is 442 g/mol. The van der Waals surface area contributed by atoms with Crippen molar-refractivity contribution in [1.82, 2.24) is 4.31 Å². The average molecular weight is 444 g/mol. The molecule has 2 aromatic rings. The first-order valence-corrected chi connectivity index (χ1v) is 10.6. The molecule has 0 saturated carbocycles. The number of benzene rings is 2. The Labute approximate surface area is 162 Å². The van der Waals surface area contributed by atoms with E-state index in [4.69, 9.17) is 11.6 Å². The fourth-order valence-electron chi connectivity index (χ4n) is 3.15. The van der Waals surface area contributed by atoms with Gasteiger partial charge in [0.25, 0.3) is 0 Å². The Kier molecular flexibility index (Phi) is 5.17. The van der Waals surface area contributed by atoms with E-state index in [1.807, 2.05) is 49.1 Å². The lowest BCUT2D eigenvalue weighted by Crippen LogP contribution is -2.44. The van der Waals surface area contributed by atoms with Gasteiger partial charge in [-0.25, -0.2) is 8.42 Å². The largest absolute Gasteiger partial charge is 0.339 e. The number of anilines is 2. The van der Waals surface area contributed by atoms with E-state index in [1.54, 1.807) is 19.2 Å². The van der Waals surface area contributed by atoms with Crippen LogP contribution in [-0.4, -0.2) is 32.4 Å². The molecule has 0 unspecified atom stereocenters. The van der Waals surface area contributed by atoms with Crippen LogP contribution in [0.15, 0.2) is 51.8 Å². The van der Waals surface area contributed by atoms with Gasteiger partial charge in [0.05, 0.1) is 10.7 Å². The highest BCUT2D eigenvalue weighted by Gasteiger charge is 2.38. The van der Waals surface area contributed by atoms with Crippen molar-refractivity contribution < 1.29 is 8.42 Å². The molecular weight excluding hydrogens is 424 g/mol. The van der Waals surface area contributed by atoms with Gasteiger partial charge < -0.3 is 4.90 Å². The van der Waals surface area contributed by atoms with Crippen LogP contribution < -0.4 is 4.90 Å². The molecule has 0 spiro atoms. The van der Waals surface area contributed by atoms with Gasteiger partial charge in [0.2, 0.25) is 10.0 Å². The Morgan fingerprint density at radius 3 is 2.44 bits per heavy atom. The van der Waals surface area contributed by atoms with Crippen molar-refractivity contribution in [3.05, 3.63) is 52.0 Å². The number of halogens is 2. The Morgan fingerprint density at radius 1 is 1.20 bits per heavy atom. The highest BCUT2D eigenvalue weighted by Crippen LogP contribution is 2.41. The van der Waals surface area contributed by atoms with E-state index in [-0.39, 0.29) is 16.9 Å². The molecule has 0 saturated heterocycles. The van der Waals surface area contributed by atoms with Crippen molar-refractivity contribution in [2.45, 2.75) is 24.8 Å². The Balaban J connectivity index is 2.30. The molecular formula is C18H20BrClN2O2S. The first kappa shape index (κ1) is 18.7. The molecule has 134 valence electrons. The van der Waals surface area contributed by atoms with E-state index < -0.39 is 10.0 Å². The zero-order valence-electron chi connectivity index (χ0n) is 14.3. The van der Waals surface area contributed by atoms with E-state index in [9.17, 15) is 8.42 Å². The van der Waals surface area contributed by atoms with E-state index in [0.29, 0.717) is 21.7 Å². The Hall–Kier alpha value is -1.08. The summed E-state index contributed by atoms with van der Waals surface area (Å²) in [5, 5.41) is 0.487. The first-order chi connectivity index (χ1) is 11.7. The Bertz CT molecular complexity index is 887. The molecule has 0 fully saturated rings. The summed E-state index contributed by atoms with van der Waals surface area (Å²) < 4.78 is 28.5. The zero-order valence-corrected chi connectivity index (χ0v) is 17.4. The van der Waals surface area contributed by atoms with Crippen LogP contribution in [0.3, 0.4) is 0 Å². The molecule has 0 aliphatic carbocycles. The van der Waals surface area contributed by atoms with Crippen LogP contribution in [0.25, 0.3) is 0 Å². The minimum Gasteiger partial charge on any atom is -0.339 e. The van der Waals surface area contributed by atoms with Crippen LogP contribution in [0.2, 0.25) is 5.02 Å². The molecule has 0 bridgehead atoms. The number of hydrogen-bond donors (Lipinski definition) is 0. The summed E-state index contributed by atoms with van der Waals surface area (Å²) in [6.07, 6.45) is 0. The van der Waals surface area contributed by atoms with Crippen LogP contribution in [0.4, 0.5) is 11.4 Å². The highest BCUT2D eigenvalue weighted by atomic mass is 79.9. The van der Waals surface area contributed by atoms with E-state index in [0.717, 1.165) is 5.69 Å². The van der Waals surface area contributed by atoms with Crippen molar-refractivity contribution in [2.24, 2.45) is 5.92 Å². The normalized spacial score (nSPS) is 20.4. The molecule has 7 heteroatoms. The van der Waals surface area contributed by atoms with Gasteiger partial charge in [-0.15, -0.1) is 0 Å². The number of nitrogens with zero attached hydrogens (tertiary/aromatic N) is 2. The van der Waals surface area contributed by atoms with Crippen LogP contribution in [0, 0.1) is 5.92 Å². The quantitative estimate of drug-likeness (QED) is 0.663. The number of hydrogen-bond acceptors (Lipinski definition) is 3. The SMILES string of the molecule is CC(C)[C@@H]1CN(c2ccccc2)c2cc(Cl)c(Br)cc2S(=O)(=O)N1C. The summed E-state index contributed by atoms with van der Waals surface area (Å²) in [5.41, 5.74) is 1.55. The highest BCUT2D eigenvalue weighted by molar-refractivity contribution is 9.10. The molecule has 0 radical (unpaired) electrons. The molecule has 1 aliphatic rings. The van der Waals surface area contributed by atoms with Crippen LogP contribution in [-0.2, 0) is 10.0 Å². The average Bonchev–Trinajstić information content (AvgIpc) is 2.65. The molecule has 4 nitrogen and oxygen atoms in total. The lowest BCUT2D eigenvalue weighted by Gasteiger charge is -2.32. The lowest BCUT2D eigenvalue weighted by atomic mass is 10.0. The third-order valence-electron chi connectivity index (χ3n) is 4.62. The van der Waals surface area contributed by atoms with Gasteiger partial charge in [-0.1, -0.05) is 43.6 Å². The number of fused-ring (bicyclic) bond motifs is 1. The molecule has 0 aromatic heterocycles. The maximum absolute atomic E-state index is 13.2. The second kappa shape index (κ2) is 6.91. The van der Waals surface area contributed by atoms with E-state index >= 15 is 0 Å². The molecule has 1 aliphatic heterocycles. The second-order valence-electron chi connectivity index (χ2n) is 6.51. The minimum absolute atomic E-state index is 0.157. The predicted molar refractivity (Wildman–Crippen MR) is 106 cm³/mol. The summed E-state index contributed by atoms with van der Waals surface area (Å²) in [7, 11) is -1.98. The van der Waals surface area contributed by atoms with Gasteiger partial charge in [0.15, 0.2) is 0 Å². The topological polar surface area (TPSA) is 40.6 Å². The smallest absolute Gasteiger partial charge is 0.245 e. The summed E-state index contributed by atoms with van der Waals surface area (Å²) in [6.45, 7) is 4.64. The maximum atomic E-state index is 13.2. The summed E-state index contributed by atoms with van der Waals surface area (Å²) in [5.74, 6) is 0.166. The first-order valence-electron chi connectivity index (χ1n) is 8.03. The van der Waals surface area contributed by atoms with Crippen molar-refractivity contribution in [1.29, 1.82) is 0 Å². The van der Waals surface area contributed by atoms with Crippen LogP contribution >= 0.6 is 27.5 Å². The van der Waals surface area contributed by atoms with E-state index in [1.165, 1.54) is 4.31 Å². The van der Waals surface area contributed by atoms with Crippen LogP contribution in [0.1, 0.15) is 13.8 Å². The lowest BCUT2D eigenvalue weighted by molar-refractivity contribution is 0.303. The van der Waals surface area contributed by atoms with Crippen molar-refractivity contribution in [3.8, 4) is 0 Å². The predicted octanol–water partition coefficient (Wildman–Crippen LogP) is 4.90. The molecule has 1 heterocycles. The van der Waals surface area contributed by atoms with Gasteiger partial charge in [0, 0.05) is 29.8 Å². The molecule has 25 heavy (non-hydrogen) atoms. The fourth-order valence-corrected chi connectivity index (χ4v) is 5.48. The zero-order chi connectivity index (χ0) is 18.4. The van der Waals surface area contributed by atoms with Gasteiger partial charge in [0.1, 0.15) is 4.90 Å². The van der Waals surface area contributed by atoms with Gasteiger partial charge in [-0.05, 0) is 46.1 Å². The molecule has 1 atom stereocenters. The molecule has 2 aromatic carbocycles. The fraction of sp³-hybridized carbons (Fsp3) is 0.333. The number of para-hydroxylation sites is 1. The van der Waals surface area contributed by atoms with Crippen molar-refractivity contribution >= 4 is 48.9 Å². The summed E-state index contributed by atoms with van der Waals surface area (Å²) in [6, 6.07) is 13.0. The third kappa shape index (κ3) is 3.33. The van der Waals surface area contributed by atoms with Crippen molar-refractivity contribution in [3.63, 3.8) is 0 Å². The number of rotatable bonds is 2. The third-order valence-corrected chi connectivity index (χ3v) is 7.73. The van der Waals surface area contributed by atoms with Gasteiger partial charge in [-0.2, -0.15) is 4.31 Å². The van der Waals surface area contributed by atoms with Crippen LogP contribution in [0.5, 0.6) is 0 Å². The standard InChI is InChI=1S/C18H20BrClN2O2S/c1-12(2)17-11-22(13-7-5-4-6-8-13)16-10-15(20)14(19)9-18(16)25(23,24)21(17)3/h4-10,12,17H,11H2,1-3H3/t17-/m0/s1. The van der Waals surface area contributed by atoms with Gasteiger partial charge >= 0.3 is 0 Å². The molecule has 0 amide bonds. The molecule has 0 N–H and O–H groups in total.